The van der Waals surface area contributed by atoms with E-state index in [1.165, 1.54) is 11.3 Å². The normalized spacial score (nSPS) is 12.1. The second kappa shape index (κ2) is 7.79. The van der Waals surface area contributed by atoms with Crippen LogP contribution in [-0.4, -0.2) is 22.0 Å². The summed E-state index contributed by atoms with van der Waals surface area (Å²) in [6.07, 6.45) is 0.909. The third kappa shape index (κ3) is 3.82. The molecule has 0 aliphatic carbocycles. The van der Waals surface area contributed by atoms with Gasteiger partial charge in [0.1, 0.15) is 21.2 Å². The molecule has 0 saturated carbocycles. The zero-order chi connectivity index (χ0) is 19.7. The van der Waals surface area contributed by atoms with Gasteiger partial charge in [0.05, 0.1) is 16.7 Å². The molecule has 0 aliphatic heterocycles. The Morgan fingerprint density at radius 1 is 1.29 bits per heavy atom. The van der Waals surface area contributed by atoms with Gasteiger partial charge in [-0.3, -0.25) is 9.78 Å². The lowest BCUT2D eigenvalue weighted by Crippen LogP contribution is -2.30. The number of fused-ring (bicyclic) bond motifs is 1. The fourth-order valence-electron chi connectivity index (χ4n) is 2.49. The third-order valence-electron chi connectivity index (χ3n) is 3.89. The van der Waals surface area contributed by atoms with Gasteiger partial charge in [0.15, 0.2) is 11.7 Å². The standard InChI is InChI=1S/C19H13Cl2N3O3S/c1-10(26-14-4-2-3-12(20)17(14)21)18(25)23-11-5-6-13-15(7-11)27-19(24-13)16-8-22-9-28-16/h2-10H,1H3,(H,23,25)/t10-/m0/s1. The van der Waals surface area contributed by atoms with E-state index in [9.17, 15) is 4.79 Å². The van der Waals surface area contributed by atoms with Gasteiger partial charge in [-0.25, -0.2) is 4.98 Å². The van der Waals surface area contributed by atoms with Gasteiger partial charge >= 0.3 is 0 Å². The first kappa shape index (κ1) is 18.7. The van der Waals surface area contributed by atoms with Crippen LogP contribution in [-0.2, 0) is 4.79 Å². The van der Waals surface area contributed by atoms with E-state index >= 15 is 0 Å². The number of ether oxygens (including phenoxy) is 1. The van der Waals surface area contributed by atoms with E-state index in [1.54, 1.807) is 55.0 Å². The monoisotopic (exact) mass is 433 g/mol. The zero-order valence-corrected chi connectivity index (χ0v) is 16.8. The first-order chi connectivity index (χ1) is 13.5. The minimum atomic E-state index is -0.783. The second-order valence-corrected chi connectivity index (χ2v) is 7.54. The van der Waals surface area contributed by atoms with E-state index < -0.39 is 6.10 Å². The van der Waals surface area contributed by atoms with E-state index in [0.717, 1.165) is 4.88 Å². The van der Waals surface area contributed by atoms with E-state index in [1.807, 2.05) is 0 Å². The fourth-order valence-corrected chi connectivity index (χ4v) is 3.37. The van der Waals surface area contributed by atoms with Crippen molar-refractivity contribution in [1.29, 1.82) is 0 Å². The number of amides is 1. The number of carbonyl (C=O) groups is 1. The SMILES string of the molecule is C[C@H](Oc1cccc(Cl)c1Cl)C(=O)Nc1ccc2nc(-c3cncs3)oc2c1. The third-order valence-corrected chi connectivity index (χ3v) is 5.45. The average molecular weight is 434 g/mol. The smallest absolute Gasteiger partial charge is 0.265 e. The van der Waals surface area contributed by atoms with E-state index in [2.05, 4.69) is 15.3 Å². The van der Waals surface area contributed by atoms with Crippen LogP contribution in [0.1, 0.15) is 6.92 Å². The minimum absolute atomic E-state index is 0.266. The van der Waals surface area contributed by atoms with Crippen molar-refractivity contribution in [3.05, 3.63) is 58.2 Å². The van der Waals surface area contributed by atoms with Crippen LogP contribution in [0.2, 0.25) is 10.0 Å². The van der Waals surface area contributed by atoms with Crippen molar-refractivity contribution in [2.24, 2.45) is 0 Å². The molecule has 2 aromatic heterocycles. The molecule has 6 nitrogen and oxygen atoms in total. The largest absolute Gasteiger partial charge is 0.479 e. The molecule has 2 aromatic carbocycles. The summed E-state index contributed by atoms with van der Waals surface area (Å²) in [5.74, 6) is 0.502. The Hall–Kier alpha value is -2.61. The Labute approximate surface area is 174 Å². The molecule has 0 spiro atoms. The lowest BCUT2D eigenvalue weighted by Gasteiger charge is -2.16. The maximum atomic E-state index is 12.5. The van der Waals surface area contributed by atoms with Crippen LogP contribution in [0.5, 0.6) is 5.75 Å². The molecule has 1 atom stereocenters. The van der Waals surface area contributed by atoms with E-state index in [4.69, 9.17) is 32.4 Å². The maximum Gasteiger partial charge on any atom is 0.265 e. The highest BCUT2D eigenvalue weighted by molar-refractivity contribution is 7.13. The van der Waals surface area contributed by atoms with Crippen molar-refractivity contribution >= 4 is 57.2 Å². The number of hydrogen-bond acceptors (Lipinski definition) is 6. The number of carbonyl (C=O) groups excluding carboxylic acids is 1. The Morgan fingerprint density at radius 3 is 2.93 bits per heavy atom. The lowest BCUT2D eigenvalue weighted by atomic mass is 10.2. The van der Waals surface area contributed by atoms with Gasteiger partial charge in [-0.1, -0.05) is 29.3 Å². The summed E-state index contributed by atoms with van der Waals surface area (Å²) in [5, 5.41) is 3.42. The quantitative estimate of drug-likeness (QED) is 0.438. The summed E-state index contributed by atoms with van der Waals surface area (Å²) in [6.45, 7) is 1.63. The molecule has 142 valence electrons. The van der Waals surface area contributed by atoms with Crippen molar-refractivity contribution in [3.8, 4) is 16.5 Å². The summed E-state index contributed by atoms with van der Waals surface area (Å²) in [7, 11) is 0. The van der Waals surface area contributed by atoms with Crippen LogP contribution in [0, 0.1) is 0 Å². The number of thiazole rings is 1. The number of halogens is 2. The van der Waals surface area contributed by atoms with Crippen LogP contribution in [0.4, 0.5) is 5.69 Å². The molecular weight excluding hydrogens is 421 g/mol. The first-order valence-electron chi connectivity index (χ1n) is 8.22. The van der Waals surface area contributed by atoms with Gasteiger partial charge in [0.25, 0.3) is 5.91 Å². The predicted octanol–water partition coefficient (Wildman–Crippen LogP) is 5.66. The molecule has 0 radical (unpaired) electrons. The molecule has 1 amide bonds. The zero-order valence-electron chi connectivity index (χ0n) is 14.5. The number of hydrogen-bond donors (Lipinski definition) is 1. The minimum Gasteiger partial charge on any atom is -0.479 e. The number of aromatic nitrogens is 2. The molecular formula is C19H13Cl2N3O3S. The summed E-state index contributed by atoms with van der Waals surface area (Å²) < 4.78 is 11.4. The van der Waals surface area contributed by atoms with Crippen molar-refractivity contribution < 1.29 is 13.9 Å². The Bertz CT molecular complexity index is 1140. The van der Waals surface area contributed by atoms with Crippen molar-refractivity contribution in [3.63, 3.8) is 0 Å². The number of oxazole rings is 1. The van der Waals surface area contributed by atoms with Gasteiger partial charge in [-0.05, 0) is 31.2 Å². The molecule has 0 unspecified atom stereocenters. The molecule has 4 aromatic rings. The number of anilines is 1. The molecule has 1 N–H and O–H groups in total. The molecule has 0 aliphatic rings. The maximum absolute atomic E-state index is 12.5. The van der Waals surface area contributed by atoms with Crippen molar-refractivity contribution in [2.45, 2.75) is 13.0 Å². The van der Waals surface area contributed by atoms with E-state index in [-0.39, 0.29) is 10.9 Å². The first-order valence-corrected chi connectivity index (χ1v) is 9.86. The van der Waals surface area contributed by atoms with Gasteiger partial charge in [-0.15, -0.1) is 11.3 Å². The predicted molar refractivity (Wildman–Crippen MR) is 110 cm³/mol. The highest BCUT2D eigenvalue weighted by Crippen LogP contribution is 2.32. The molecule has 4 rings (SSSR count). The molecule has 9 heteroatoms. The Morgan fingerprint density at radius 2 is 2.14 bits per heavy atom. The van der Waals surface area contributed by atoms with Crippen LogP contribution >= 0.6 is 34.5 Å². The number of nitrogens with zero attached hydrogens (tertiary/aromatic N) is 2. The highest BCUT2D eigenvalue weighted by atomic mass is 35.5. The van der Waals surface area contributed by atoms with Crippen LogP contribution in [0.25, 0.3) is 21.9 Å². The number of benzene rings is 2. The van der Waals surface area contributed by atoms with Gasteiger partial charge < -0.3 is 14.5 Å². The van der Waals surface area contributed by atoms with Gasteiger partial charge in [0, 0.05) is 11.8 Å². The number of nitrogens with one attached hydrogen (secondary N) is 1. The van der Waals surface area contributed by atoms with Gasteiger partial charge in [-0.2, -0.15) is 0 Å². The molecule has 0 bridgehead atoms. The van der Waals surface area contributed by atoms with Crippen molar-refractivity contribution in [2.75, 3.05) is 5.32 Å². The highest BCUT2D eigenvalue weighted by Gasteiger charge is 2.18. The van der Waals surface area contributed by atoms with E-state index in [0.29, 0.717) is 33.4 Å². The Kier molecular flexibility index (Phi) is 5.21. The average Bonchev–Trinajstić information content (AvgIpc) is 3.34. The number of rotatable bonds is 5. The van der Waals surface area contributed by atoms with Gasteiger partial charge in [0.2, 0.25) is 5.89 Å². The topological polar surface area (TPSA) is 77.2 Å². The van der Waals surface area contributed by atoms with Crippen LogP contribution < -0.4 is 10.1 Å². The summed E-state index contributed by atoms with van der Waals surface area (Å²) >= 11 is 13.5. The summed E-state index contributed by atoms with van der Waals surface area (Å²) in [4.78, 5) is 21.8. The molecule has 0 fully saturated rings. The second-order valence-electron chi connectivity index (χ2n) is 5.87. The summed E-state index contributed by atoms with van der Waals surface area (Å²) in [6, 6.07) is 10.2. The molecule has 2 heterocycles. The van der Waals surface area contributed by atoms with Crippen molar-refractivity contribution in [1.82, 2.24) is 9.97 Å². The molecule has 28 heavy (non-hydrogen) atoms. The molecule has 0 saturated heterocycles. The fraction of sp³-hybridized carbons (Fsp3) is 0.105. The lowest BCUT2D eigenvalue weighted by molar-refractivity contribution is -0.122. The Balaban J connectivity index is 1.49. The van der Waals surface area contributed by atoms with Crippen LogP contribution in [0.3, 0.4) is 0 Å². The van der Waals surface area contributed by atoms with Crippen LogP contribution in [0.15, 0.2) is 52.5 Å². The summed E-state index contributed by atoms with van der Waals surface area (Å²) in [5.41, 5.74) is 3.53.